The third kappa shape index (κ3) is 4.12. The Morgan fingerprint density at radius 3 is 2.36 bits per heavy atom. The Labute approximate surface area is 148 Å². The normalized spacial score (nSPS) is 19.3. The Bertz CT molecular complexity index is 722. The fourth-order valence-corrected chi connectivity index (χ4v) is 3.50. The molecule has 3 rings (SSSR count). The van der Waals surface area contributed by atoms with Crippen LogP contribution in [0.25, 0.3) is 0 Å². The molecule has 0 saturated carbocycles. The molecule has 8 heteroatoms. The van der Waals surface area contributed by atoms with E-state index in [0.717, 1.165) is 27.8 Å². The number of halogens is 3. The summed E-state index contributed by atoms with van der Waals surface area (Å²) in [6.45, 7) is 7.99. The lowest BCUT2D eigenvalue weighted by Gasteiger charge is -2.32. The average Bonchev–Trinajstić information content (AvgIpc) is 3.05. The van der Waals surface area contributed by atoms with E-state index in [-0.39, 0.29) is 11.5 Å². The Kier molecular flexibility index (Phi) is 4.76. The molecule has 1 aromatic carbocycles. The molecule has 1 aliphatic heterocycles. The van der Waals surface area contributed by atoms with Crippen LogP contribution in [0, 0.1) is 0 Å². The minimum absolute atomic E-state index is 0.0605. The van der Waals surface area contributed by atoms with Crippen molar-refractivity contribution in [1.29, 1.82) is 0 Å². The molecule has 0 bridgehead atoms. The van der Waals surface area contributed by atoms with E-state index in [1.807, 2.05) is 0 Å². The van der Waals surface area contributed by atoms with Crippen molar-refractivity contribution in [2.45, 2.75) is 38.5 Å². The van der Waals surface area contributed by atoms with Crippen LogP contribution >= 0.6 is 11.3 Å². The van der Waals surface area contributed by atoms with E-state index in [2.05, 4.69) is 35.9 Å². The van der Waals surface area contributed by atoms with E-state index < -0.39 is 11.7 Å². The number of nitrogens with zero attached hydrogens (tertiary/aromatic N) is 3. The van der Waals surface area contributed by atoms with Gasteiger partial charge in [-0.3, -0.25) is 0 Å². The molecule has 1 unspecified atom stereocenters. The lowest BCUT2D eigenvalue weighted by molar-refractivity contribution is -0.137. The van der Waals surface area contributed by atoms with Crippen molar-refractivity contribution in [3.05, 3.63) is 40.4 Å². The standard InChI is InChI=1S/C17H20F3N3OS/c1-16(2,3)14-21-22-15(25-14)23-8-9-24-13(10-23)11-4-6-12(7-5-11)17(18,19)20/h4-7,13H,8-10H2,1-3H3. The molecule has 1 aromatic heterocycles. The molecule has 2 heterocycles. The molecule has 0 amide bonds. The first-order valence-corrected chi connectivity index (χ1v) is 8.84. The number of rotatable bonds is 2. The van der Waals surface area contributed by atoms with Crippen LogP contribution < -0.4 is 4.90 Å². The summed E-state index contributed by atoms with van der Waals surface area (Å²) >= 11 is 1.55. The Morgan fingerprint density at radius 1 is 1.12 bits per heavy atom. The highest BCUT2D eigenvalue weighted by atomic mass is 32.1. The van der Waals surface area contributed by atoms with Crippen LogP contribution in [0.3, 0.4) is 0 Å². The number of ether oxygens (including phenoxy) is 1. The SMILES string of the molecule is CC(C)(C)c1nnc(N2CCOC(c3ccc(C(F)(F)F)cc3)C2)s1. The van der Waals surface area contributed by atoms with Gasteiger partial charge in [0, 0.05) is 12.0 Å². The molecule has 136 valence electrons. The number of alkyl halides is 3. The van der Waals surface area contributed by atoms with E-state index in [1.165, 1.54) is 12.1 Å². The van der Waals surface area contributed by atoms with E-state index in [0.29, 0.717) is 19.7 Å². The van der Waals surface area contributed by atoms with Gasteiger partial charge in [0.05, 0.1) is 18.7 Å². The molecule has 0 spiro atoms. The van der Waals surface area contributed by atoms with Crippen LogP contribution in [0.5, 0.6) is 0 Å². The summed E-state index contributed by atoms with van der Waals surface area (Å²) < 4.78 is 43.8. The smallest absolute Gasteiger partial charge is 0.370 e. The Hall–Kier alpha value is -1.67. The summed E-state index contributed by atoms with van der Waals surface area (Å²) in [5.74, 6) is 0. The summed E-state index contributed by atoms with van der Waals surface area (Å²) in [5, 5.41) is 10.3. The average molecular weight is 371 g/mol. The zero-order valence-corrected chi connectivity index (χ0v) is 15.1. The number of morpholine rings is 1. The third-order valence-corrected chi connectivity index (χ3v) is 5.41. The highest BCUT2D eigenvalue weighted by Crippen LogP contribution is 2.34. The van der Waals surface area contributed by atoms with E-state index in [4.69, 9.17) is 4.74 Å². The van der Waals surface area contributed by atoms with Crippen molar-refractivity contribution >= 4 is 16.5 Å². The summed E-state index contributed by atoms with van der Waals surface area (Å²) in [5.41, 5.74) is 0.0239. The molecule has 4 nitrogen and oxygen atoms in total. The molecule has 1 saturated heterocycles. The van der Waals surface area contributed by atoms with Gasteiger partial charge >= 0.3 is 6.18 Å². The van der Waals surface area contributed by atoms with E-state index in [9.17, 15) is 13.2 Å². The lowest BCUT2D eigenvalue weighted by atomic mass is 9.98. The fraction of sp³-hybridized carbons (Fsp3) is 0.529. The third-order valence-electron chi connectivity index (χ3n) is 4.00. The maximum absolute atomic E-state index is 12.7. The minimum atomic E-state index is -4.33. The first-order valence-electron chi connectivity index (χ1n) is 8.02. The number of hydrogen-bond donors (Lipinski definition) is 0. The van der Waals surface area contributed by atoms with E-state index >= 15 is 0 Å². The van der Waals surface area contributed by atoms with Crippen LogP contribution in [-0.4, -0.2) is 29.9 Å². The van der Waals surface area contributed by atoms with Gasteiger partial charge in [-0.2, -0.15) is 13.2 Å². The topological polar surface area (TPSA) is 38.2 Å². The van der Waals surface area contributed by atoms with Gasteiger partial charge in [0.15, 0.2) is 0 Å². The largest absolute Gasteiger partial charge is 0.416 e. The van der Waals surface area contributed by atoms with Crippen molar-refractivity contribution in [1.82, 2.24) is 10.2 Å². The maximum Gasteiger partial charge on any atom is 0.416 e. The number of hydrogen-bond acceptors (Lipinski definition) is 5. The molecule has 1 aliphatic rings. The van der Waals surface area contributed by atoms with Crippen LogP contribution in [0.2, 0.25) is 0 Å². The maximum atomic E-state index is 12.7. The molecular weight excluding hydrogens is 351 g/mol. The molecular formula is C17H20F3N3OS. The van der Waals surface area contributed by atoms with Gasteiger partial charge in [-0.05, 0) is 17.7 Å². The van der Waals surface area contributed by atoms with Gasteiger partial charge in [-0.15, -0.1) is 10.2 Å². The second-order valence-electron chi connectivity index (χ2n) is 7.07. The summed E-state index contributed by atoms with van der Waals surface area (Å²) in [4.78, 5) is 2.08. The number of anilines is 1. The van der Waals surface area contributed by atoms with Crippen LogP contribution in [0.1, 0.15) is 43.0 Å². The minimum Gasteiger partial charge on any atom is -0.370 e. The monoisotopic (exact) mass is 371 g/mol. The molecule has 0 radical (unpaired) electrons. The fourth-order valence-electron chi connectivity index (χ4n) is 2.56. The lowest BCUT2D eigenvalue weighted by Crippen LogP contribution is -2.38. The number of benzene rings is 1. The Balaban J connectivity index is 1.74. The van der Waals surface area contributed by atoms with Crippen LogP contribution in [-0.2, 0) is 16.3 Å². The van der Waals surface area contributed by atoms with Gasteiger partial charge < -0.3 is 9.64 Å². The van der Waals surface area contributed by atoms with Crippen molar-refractivity contribution in [3.8, 4) is 0 Å². The van der Waals surface area contributed by atoms with Gasteiger partial charge in [-0.25, -0.2) is 0 Å². The van der Waals surface area contributed by atoms with E-state index in [1.54, 1.807) is 11.3 Å². The van der Waals surface area contributed by atoms with Crippen molar-refractivity contribution in [2.75, 3.05) is 24.6 Å². The zero-order valence-electron chi connectivity index (χ0n) is 14.3. The van der Waals surface area contributed by atoms with Gasteiger partial charge in [0.1, 0.15) is 11.1 Å². The molecule has 0 aliphatic carbocycles. The predicted octanol–water partition coefficient (Wildman–Crippen LogP) is 4.43. The molecule has 0 N–H and O–H groups in total. The van der Waals surface area contributed by atoms with Gasteiger partial charge in [0.25, 0.3) is 0 Å². The van der Waals surface area contributed by atoms with Gasteiger partial charge in [0.2, 0.25) is 5.13 Å². The first kappa shape index (κ1) is 18.1. The van der Waals surface area contributed by atoms with Crippen molar-refractivity contribution in [3.63, 3.8) is 0 Å². The predicted molar refractivity (Wildman–Crippen MR) is 91.0 cm³/mol. The van der Waals surface area contributed by atoms with Gasteiger partial charge in [-0.1, -0.05) is 44.2 Å². The molecule has 2 aromatic rings. The first-order chi connectivity index (χ1) is 11.6. The quantitative estimate of drug-likeness (QED) is 0.783. The highest BCUT2D eigenvalue weighted by molar-refractivity contribution is 7.15. The summed E-state index contributed by atoms with van der Waals surface area (Å²) in [7, 11) is 0. The summed E-state index contributed by atoms with van der Waals surface area (Å²) in [6.07, 6.45) is -4.61. The molecule has 1 fully saturated rings. The second-order valence-corrected chi connectivity index (χ2v) is 8.02. The van der Waals surface area contributed by atoms with Crippen molar-refractivity contribution in [2.24, 2.45) is 0 Å². The second kappa shape index (κ2) is 6.57. The summed E-state index contributed by atoms with van der Waals surface area (Å²) in [6, 6.07) is 5.16. The Morgan fingerprint density at radius 2 is 1.80 bits per heavy atom. The number of aromatic nitrogens is 2. The highest BCUT2D eigenvalue weighted by Gasteiger charge is 2.31. The zero-order chi connectivity index (χ0) is 18.2. The molecule has 1 atom stereocenters. The van der Waals surface area contributed by atoms with Crippen LogP contribution in [0.15, 0.2) is 24.3 Å². The van der Waals surface area contributed by atoms with Crippen LogP contribution in [0.4, 0.5) is 18.3 Å². The van der Waals surface area contributed by atoms with Crippen molar-refractivity contribution < 1.29 is 17.9 Å². The molecule has 25 heavy (non-hydrogen) atoms.